The lowest BCUT2D eigenvalue weighted by Crippen LogP contribution is -2.22. The lowest BCUT2D eigenvalue weighted by Gasteiger charge is -2.12. The van der Waals surface area contributed by atoms with Gasteiger partial charge in [0.1, 0.15) is 18.3 Å². The van der Waals surface area contributed by atoms with Gasteiger partial charge in [-0.2, -0.15) is 8.42 Å². The van der Waals surface area contributed by atoms with Crippen LogP contribution in [0.5, 0.6) is 0 Å². The number of Topliss-reactive ketones (excluding diaryl/α,β-unsaturated/α-hetero) is 1. The van der Waals surface area contributed by atoms with E-state index >= 15 is 0 Å². The molecule has 3 heterocycles. The number of carbonyl (C=O) groups is 1. The highest BCUT2D eigenvalue weighted by Crippen LogP contribution is 2.39. The molecule has 0 amide bonds. The molecule has 2 aliphatic heterocycles. The Hall–Kier alpha value is -1.22. The van der Waals surface area contributed by atoms with E-state index in [0.717, 1.165) is 5.69 Å². The lowest BCUT2D eigenvalue weighted by atomic mass is 10.1. The van der Waals surface area contributed by atoms with Crippen molar-refractivity contribution in [3.05, 3.63) is 23.0 Å². The molecule has 3 atom stereocenters. The monoisotopic (exact) mass is 287 g/mol. The molecule has 0 aromatic carbocycles. The lowest BCUT2D eigenvalue weighted by molar-refractivity contribution is 0.0520. The summed E-state index contributed by atoms with van der Waals surface area (Å²) in [4.78, 5) is 14.4. The van der Waals surface area contributed by atoms with Crippen LogP contribution in [-0.2, 0) is 23.5 Å². The molecule has 0 unspecified atom stereocenters. The second-order valence-corrected chi connectivity index (χ2v) is 5.88. The van der Waals surface area contributed by atoms with E-state index in [9.17, 15) is 13.2 Å². The van der Waals surface area contributed by atoms with Crippen LogP contribution < -0.4 is 0 Å². The van der Waals surface area contributed by atoms with Crippen LogP contribution in [0.2, 0.25) is 0 Å². The number of rotatable bonds is 2. The second kappa shape index (κ2) is 4.14. The van der Waals surface area contributed by atoms with Crippen LogP contribution in [0.25, 0.3) is 0 Å². The number of fused-ring (bicyclic) bond motifs is 1. The molecule has 1 aromatic rings. The average molecular weight is 287 g/mol. The summed E-state index contributed by atoms with van der Waals surface area (Å²) >= 11 is 0. The molecule has 7 nitrogen and oxygen atoms in total. The van der Waals surface area contributed by atoms with Crippen LogP contribution in [0.15, 0.2) is 6.07 Å². The quantitative estimate of drug-likeness (QED) is 0.801. The Morgan fingerprint density at radius 2 is 2.16 bits per heavy atom. The van der Waals surface area contributed by atoms with E-state index in [1.807, 2.05) is 0 Å². The van der Waals surface area contributed by atoms with Crippen LogP contribution in [0.3, 0.4) is 0 Å². The Kier molecular flexibility index (Phi) is 2.79. The van der Waals surface area contributed by atoms with Gasteiger partial charge in [-0.25, -0.2) is 8.37 Å². The third kappa shape index (κ3) is 2.10. The van der Waals surface area contributed by atoms with Crippen LogP contribution >= 0.6 is 0 Å². The standard InChI is InChI=1S/C11H13NO6S/c1-5-7(6(2)13)3-8(12-5)10-11-9(4-16-10)17-19(14,15)18-11/h3,9-12H,4H2,1-2H3/t9-,10+,11-/m1/s1. The average Bonchev–Trinajstić information content (AvgIpc) is 2.89. The van der Waals surface area contributed by atoms with Crippen molar-refractivity contribution in [2.75, 3.05) is 6.61 Å². The highest BCUT2D eigenvalue weighted by Gasteiger charge is 2.51. The second-order valence-electron chi connectivity index (χ2n) is 4.68. The maximum Gasteiger partial charge on any atom is 0.400 e. The fourth-order valence-electron chi connectivity index (χ4n) is 2.46. The van der Waals surface area contributed by atoms with E-state index in [0.29, 0.717) is 11.3 Å². The number of hydrogen-bond donors (Lipinski definition) is 1. The van der Waals surface area contributed by atoms with Gasteiger partial charge >= 0.3 is 10.4 Å². The summed E-state index contributed by atoms with van der Waals surface area (Å²) in [7, 11) is -3.93. The van der Waals surface area contributed by atoms with Crippen molar-refractivity contribution < 1.29 is 26.3 Å². The molecular weight excluding hydrogens is 274 g/mol. The van der Waals surface area contributed by atoms with Crippen LogP contribution in [0, 0.1) is 6.92 Å². The van der Waals surface area contributed by atoms with Crippen LogP contribution in [0.1, 0.15) is 34.8 Å². The number of H-pyrrole nitrogens is 1. The number of nitrogens with one attached hydrogen (secondary N) is 1. The summed E-state index contributed by atoms with van der Waals surface area (Å²) in [5, 5.41) is 0. The van der Waals surface area contributed by atoms with E-state index in [1.165, 1.54) is 6.92 Å². The van der Waals surface area contributed by atoms with E-state index in [-0.39, 0.29) is 12.4 Å². The predicted molar refractivity (Wildman–Crippen MR) is 62.9 cm³/mol. The summed E-state index contributed by atoms with van der Waals surface area (Å²) in [5.41, 5.74) is 1.90. The third-order valence-corrected chi connectivity index (χ3v) is 4.24. The van der Waals surface area contributed by atoms with Crippen LogP contribution in [-0.4, -0.2) is 38.0 Å². The van der Waals surface area contributed by atoms with Gasteiger partial charge in [0.15, 0.2) is 5.78 Å². The van der Waals surface area contributed by atoms with E-state index in [2.05, 4.69) is 4.98 Å². The fraction of sp³-hybridized carbons (Fsp3) is 0.545. The van der Waals surface area contributed by atoms with Crippen molar-refractivity contribution in [1.82, 2.24) is 4.98 Å². The normalized spacial score (nSPS) is 32.4. The number of aromatic amines is 1. The molecule has 3 rings (SSSR count). The molecule has 0 spiro atoms. The zero-order valence-electron chi connectivity index (χ0n) is 10.4. The van der Waals surface area contributed by atoms with Crippen molar-refractivity contribution in [2.45, 2.75) is 32.2 Å². The van der Waals surface area contributed by atoms with Crippen molar-refractivity contribution in [1.29, 1.82) is 0 Å². The van der Waals surface area contributed by atoms with Crippen molar-refractivity contribution in [3.63, 3.8) is 0 Å². The van der Waals surface area contributed by atoms with E-state index < -0.39 is 28.7 Å². The molecule has 0 aliphatic carbocycles. The summed E-state index contributed by atoms with van der Waals surface area (Å²) < 4.78 is 37.6. The molecule has 104 valence electrons. The van der Waals surface area contributed by atoms with Gasteiger partial charge in [0.05, 0.1) is 6.61 Å². The minimum atomic E-state index is -3.93. The Balaban J connectivity index is 1.91. The van der Waals surface area contributed by atoms with Crippen molar-refractivity contribution in [2.24, 2.45) is 0 Å². The van der Waals surface area contributed by atoms with E-state index in [4.69, 9.17) is 13.1 Å². The Morgan fingerprint density at radius 3 is 2.79 bits per heavy atom. The van der Waals surface area contributed by atoms with Gasteiger partial charge in [-0.05, 0) is 19.9 Å². The molecule has 1 aromatic heterocycles. The zero-order valence-corrected chi connectivity index (χ0v) is 11.2. The molecule has 19 heavy (non-hydrogen) atoms. The van der Waals surface area contributed by atoms with Crippen LogP contribution in [0.4, 0.5) is 0 Å². The van der Waals surface area contributed by atoms with Gasteiger partial charge in [-0.15, -0.1) is 0 Å². The molecule has 0 saturated carbocycles. The smallest absolute Gasteiger partial charge is 0.366 e. The first-order valence-electron chi connectivity index (χ1n) is 5.81. The minimum Gasteiger partial charge on any atom is -0.366 e. The number of ether oxygens (including phenoxy) is 1. The number of aromatic nitrogens is 1. The van der Waals surface area contributed by atoms with Gasteiger partial charge < -0.3 is 9.72 Å². The topological polar surface area (TPSA) is 94.7 Å². The summed E-state index contributed by atoms with van der Waals surface area (Å²) in [6.45, 7) is 3.38. The fourth-order valence-corrected chi connectivity index (χ4v) is 3.47. The molecular formula is C11H13NO6S. The highest BCUT2D eigenvalue weighted by atomic mass is 32.3. The number of carbonyl (C=O) groups excluding carboxylic acids is 1. The summed E-state index contributed by atoms with van der Waals surface area (Å²) in [6.07, 6.45) is -1.91. The maximum absolute atomic E-state index is 11.4. The molecule has 2 aliphatic rings. The molecule has 2 fully saturated rings. The van der Waals surface area contributed by atoms with Gasteiger partial charge in [0, 0.05) is 17.0 Å². The maximum atomic E-state index is 11.4. The predicted octanol–water partition coefficient (Wildman–Crippen LogP) is 0.626. The SMILES string of the molecule is CC(=O)c1cc([C@@H]2OC[C@H]3OS(=O)(=O)O[C@H]32)[nH]c1C. The Morgan fingerprint density at radius 1 is 1.42 bits per heavy atom. The van der Waals surface area contributed by atoms with Gasteiger partial charge in [0.25, 0.3) is 0 Å². The first-order chi connectivity index (χ1) is 8.87. The van der Waals surface area contributed by atoms with E-state index in [1.54, 1.807) is 13.0 Å². The number of hydrogen-bond acceptors (Lipinski definition) is 6. The van der Waals surface area contributed by atoms with Crippen molar-refractivity contribution >= 4 is 16.2 Å². The highest BCUT2D eigenvalue weighted by molar-refractivity contribution is 7.82. The zero-order chi connectivity index (χ0) is 13.8. The van der Waals surface area contributed by atoms with Gasteiger partial charge in [0.2, 0.25) is 0 Å². The molecule has 8 heteroatoms. The molecule has 0 bridgehead atoms. The first kappa shape index (κ1) is 12.8. The Bertz CT molecular complexity index is 634. The van der Waals surface area contributed by atoms with Gasteiger partial charge in [-0.3, -0.25) is 4.79 Å². The molecule has 1 N–H and O–H groups in total. The number of aryl methyl sites for hydroxylation is 1. The summed E-state index contributed by atoms with van der Waals surface area (Å²) in [5.74, 6) is -0.0641. The minimum absolute atomic E-state index is 0.0641. The first-order valence-corrected chi connectivity index (χ1v) is 7.14. The largest absolute Gasteiger partial charge is 0.400 e. The number of ketones is 1. The summed E-state index contributed by atoms with van der Waals surface area (Å²) in [6, 6.07) is 1.67. The third-order valence-electron chi connectivity index (χ3n) is 3.30. The molecule has 2 saturated heterocycles. The Labute approximate surface area is 110 Å². The van der Waals surface area contributed by atoms with Gasteiger partial charge in [-0.1, -0.05) is 0 Å². The molecule has 0 radical (unpaired) electrons. The van der Waals surface area contributed by atoms with Crippen molar-refractivity contribution in [3.8, 4) is 0 Å².